The summed E-state index contributed by atoms with van der Waals surface area (Å²) in [6, 6.07) is 8.45. The van der Waals surface area contributed by atoms with E-state index in [0.717, 1.165) is 12.1 Å². The number of phenols is 1. The fraction of sp³-hybridized carbons (Fsp3) is 0.444. The molecular weight excluding hydrogens is 336 g/mol. The number of phenolic OH excluding ortho intramolecular Hbond substituents is 1. The number of aromatic amines is 1. The van der Waals surface area contributed by atoms with E-state index in [1.54, 1.807) is 35.2 Å². The predicted octanol–water partition coefficient (Wildman–Crippen LogP) is 0.613. The summed E-state index contributed by atoms with van der Waals surface area (Å²) in [6.07, 6.45) is 0. The maximum Gasteiger partial charge on any atom is 0.272 e. The van der Waals surface area contributed by atoms with Crippen LogP contribution in [0.25, 0.3) is 11.3 Å². The number of ether oxygens (including phenoxy) is 2. The number of benzene rings is 1. The summed E-state index contributed by atoms with van der Waals surface area (Å²) in [7, 11) is 0. The van der Waals surface area contributed by atoms with E-state index in [4.69, 9.17) is 9.47 Å². The number of amides is 1. The van der Waals surface area contributed by atoms with Crippen molar-refractivity contribution in [1.82, 2.24) is 20.4 Å². The van der Waals surface area contributed by atoms with Gasteiger partial charge >= 0.3 is 0 Å². The van der Waals surface area contributed by atoms with E-state index in [0.29, 0.717) is 50.8 Å². The normalized spacial score (nSPS) is 23.8. The van der Waals surface area contributed by atoms with Gasteiger partial charge in [0.15, 0.2) is 0 Å². The number of carbonyl (C=O) groups excluding carboxylic acids is 1. The number of rotatable bonds is 2. The molecule has 8 heteroatoms. The summed E-state index contributed by atoms with van der Waals surface area (Å²) in [5.41, 5.74) is 1.44. The summed E-state index contributed by atoms with van der Waals surface area (Å²) in [5.74, 6) is 0.0906. The first-order chi connectivity index (χ1) is 12.7. The van der Waals surface area contributed by atoms with E-state index in [2.05, 4.69) is 15.5 Å². The smallest absolute Gasteiger partial charge is 0.272 e. The van der Waals surface area contributed by atoms with Crippen molar-refractivity contribution in [2.24, 2.45) is 0 Å². The van der Waals surface area contributed by atoms with Gasteiger partial charge in [0.1, 0.15) is 17.0 Å². The van der Waals surface area contributed by atoms with E-state index in [9.17, 15) is 9.90 Å². The molecule has 26 heavy (non-hydrogen) atoms. The lowest BCUT2D eigenvalue weighted by Crippen LogP contribution is -2.59. The molecule has 1 aromatic carbocycles. The first kappa shape index (κ1) is 17.0. The number of carbonyl (C=O) groups is 1. The third-order valence-corrected chi connectivity index (χ3v) is 4.74. The quantitative estimate of drug-likeness (QED) is 0.728. The molecular formula is C18H22N4O4. The Hall–Kier alpha value is -2.42. The van der Waals surface area contributed by atoms with Crippen LogP contribution in [0.5, 0.6) is 5.75 Å². The Labute approximate surface area is 151 Å². The number of aromatic nitrogens is 2. The largest absolute Gasteiger partial charge is 0.508 e. The van der Waals surface area contributed by atoms with Crippen molar-refractivity contribution >= 4 is 5.91 Å². The minimum Gasteiger partial charge on any atom is -0.508 e. The van der Waals surface area contributed by atoms with Gasteiger partial charge in [-0.25, -0.2) is 0 Å². The van der Waals surface area contributed by atoms with Gasteiger partial charge in [0.05, 0.1) is 32.1 Å². The molecule has 0 aliphatic carbocycles. The fourth-order valence-corrected chi connectivity index (χ4v) is 3.36. The molecule has 4 rings (SSSR count). The third-order valence-electron chi connectivity index (χ3n) is 4.74. The molecule has 2 saturated heterocycles. The first-order valence-electron chi connectivity index (χ1n) is 8.72. The molecule has 0 bridgehead atoms. The van der Waals surface area contributed by atoms with Gasteiger partial charge in [0.2, 0.25) is 0 Å². The van der Waals surface area contributed by atoms with Gasteiger partial charge in [-0.15, -0.1) is 0 Å². The van der Waals surface area contributed by atoms with Gasteiger partial charge in [-0.1, -0.05) is 0 Å². The maximum absolute atomic E-state index is 12.9. The summed E-state index contributed by atoms with van der Waals surface area (Å²) in [4.78, 5) is 14.7. The van der Waals surface area contributed by atoms with Gasteiger partial charge in [0, 0.05) is 25.2 Å². The van der Waals surface area contributed by atoms with Crippen molar-refractivity contribution in [1.29, 1.82) is 0 Å². The molecule has 0 radical (unpaired) electrons. The van der Waals surface area contributed by atoms with Crippen LogP contribution in [-0.2, 0) is 9.47 Å². The standard InChI is InChI=1S/C18H22N4O4/c23-14-3-1-13(2-4-14)15-9-16(21-20-15)17(24)22-6-8-26-18(11-22)10-19-5-7-25-12-18/h1-4,9,19,23H,5-8,10-12H2,(H,20,21)/t18-/m1/s1. The molecule has 3 heterocycles. The Morgan fingerprint density at radius 2 is 2.12 bits per heavy atom. The van der Waals surface area contributed by atoms with E-state index < -0.39 is 5.60 Å². The van der Waals surface area contributed by atoms with E-state index in [1.165, 1.54) is 0 Å². The first-order valence-corrected chi connectivity index (χ1v) is 8.72. The van der Waals surface area contributed by atoms with Crippen LogP contribution in [0.2, 0.25) is 0 Å². The van der Waals surface area contributed by atoms with Gasteiger partial charge in [-0.2, -0.15) is 5.10 Å². The molecule has 1 amide bonds. The number of hydrogen-bond donors (Lipinski definition) is 3. The van der Waals surface area contributed by atoms with Crippen molar-refractivity contribution in [3.63, 3.8) is 0 Å². The highest BCUT2D eigenvalue weighted by molar-refractivity contribution is 5.93. The van der Waals surface area contributed by atoms with Crippen LogP contribution in [0.15, 0.2) is 30.3 Å². The second-order valence-corrected chi connectivity index (χ2v) is 6.70. The van der Waals surface area contributed by atoms with Gasteiger partial charge in [0.25, 0.3) is 5.91 Å². The maximum atomic E-state index is 12.9. The van der Waals surface area contributed by atoms with E-state index >= 15 is 0 Å². The number of nitrogens with zero attached hydrogens (tertiary/aromatic N) is 2. The molecule has 2 fully saturated rings. The molecule has 0 saturated carbocycles. The summed E-state index contributed by atoms with van der Waals surface area (Å²) in [6.45, 7) is 4.07. The lowest BCUT2D eigenvalue weighted by atomic mass is 10.0. The Bertz CT molecular complexity index is 766. The van der Waals surface area contributed by atoms with Crippen LogP contribution >= 0.6 is 0 Å². The zero-order valence-corrected chi connectivity index (χ0v) is 14.4. The highest BCUT2D eigenvalue weighted by atomic mass is 16.5. The van der Waals surface area contributed by atoms with Crippen LogP contribution in [0.1, 0.15) is 10.5 Å². The average molecular weight is 358 g/mol. The number of hydrogen-bond acceptors (Lipinski definition) is 6. The summed E-state index contributed by atoms with van der Waals surface area (Å²) in [5, 5.41) is 19.8. The Morgan fingerprint density at radius 1 is 1.27 bits per heavy atom. The lowest BCUT2D eigenvalue weighted by molar-refractivity contribution is -0.125. The molecule has 1 aromatic heterocycles. The minimum absolute atomic E-state index is 0.102. The van der Waals surface area contributed by atoms with Crippen LogP contribution in [-0.4, -0.2) is 77.7 Å². The van der Waals surface area contributed by atoms with Crippen molar-refractivity contribution < 1.29 is 19.4 Å². The van der Waals surface area contributed by atoms with Crippen molar-refractivity contribution in [2.45, 2.75) is 5.60 Å². The van der Waals surface area contributed by atoms with Gasteiger partial charge in [-0.05, 0) is 30.3 Å². The Balaban J connectivity index is 1.49. The topological polar surface area (TPSA) is 99.7 Å². The SMILES string of the molecule is O=C(c1cc(-c2ccc(O)cc2)n[nH]1)N1CCO[C@]2(CNCCOC2)C1. The van der Waals surface area contributed by atoms with Gasteiger partial charge in [-0.3, -0.25) is 9.89 Å². The van der Waals surface area contributed by atoms with Crippen molar-refractivity contribution in [2.75, 3.05) is 46.0 Å². The number of H-pyrrole nitrogens is 1. The van der Waals surface area contributed by atoms with Crippen molar-refractivity contribution in [3.05, 3.63) is 36.0 Å². The number of aromatic hydroxyl groups is 1. The predicted molar refractivity (Wildman–Crippen MR) is 94.0 cm³/mol. The summed E-state index contributed by atoms with van der Waals surface area (Å²) >= 11 is 0. The molecule has 1 spiro atoms. The highest BCUT2D eigenvalue weighted by Crippen LogP contribution is 2.23. The zero-order valence-electron chi connectivity index (χ0n) is 14.4. The molecule has 2 aliphatic heterocycles. The molecule has 2 aromatic rings. The number of morpholine rings is 1. The molecule has 0 unspecified atom stereocenters. The molecule has 1 atom stereocenters. The molecule has 3 N–H and O–H groups in total. The second kappa shape index (κ2) is 7.06. The van der Waals surface area contributed by atoms with Crippen LogP contribution < -0.4 is 5.32 Å². The Morgan fingerprint density at radius 3 is 2.96 bits per heavy atom. The summed E-state index contributed by atoms with van der Waals surface area (Å²) < 4.78 is 11.6. The van der Waals surface area contributed by atoms with Crippen molar-refractivity contribution in [3.8, 4) is 17.0 Å². The van der Waals surface area contributed by atoms with E-state index in [1.807, 2.05) is 0 Å². The van der Waals surface area contributed by atoms with E-state index in [-0.39, 0.29) is 11.7 Å². The second-order valence-electron chi connectivity index (χ2n) is 6.70. The minimum atomic E-state index is -0.496. The van der Waals surface area contributed by atoms with Gasteiger partial charge < -0.3 is 24.8 Å². The van der Waals surface area contributed by atoms with Crippen LogP contribution in [0.4, 0.5) is 0 Å². The highest BCUT2D eigenvalue weighted by Gasteiger charge is 2.40. The van der Waals surface area contributed by atoms with Crippen LogP contribution in [0, 0.1) is 0 Å². The van der Waals surface area contributed by atoms with Crippen LogP contribution in [0.3, 0.4) is 0 Å². The molecule has 8 nitrogen and oxygen atoms in total. The lowest BCUT2D eigenvalue weighted by Gasteiger charge is -2.41. The Kier molecular flexibility index (Phi) is 4.62. The molecule has 138 valence electrons. The average Bonchev–Trinajstić information content (AvgIpc) is 3.05. The fourth-order valence-electron chi connectivity index (χ4n) is 3.36. The molecule has 2 aliphatic rings. The number of nitrogens with one attached hydrogen (secondary N) is 2. The third kappa shape index (κ3) is 3.44. The monoisotopic (exact) mass is 358 g/mol. The zero-order chi connectivity index (χ0) is 18.0.